The van der Waals surface area contributed by atoms with E-state index in [-0.39, 0.29) is 16.8 Å². The van der Waals surface area contributed by atoms with Crippen molar-refractivity contribution < 1.29 is 82.4 Å². The minimum Gasteiger partial charge on any atom is -0.453 e. The van der Waals surface area contributed by atoms with Crippen molar-refractivity contribution in [2.45, 2.75) is 96.3 Å². The van der Waals surface area contributed by atoms with Crippen LogP contribution >= 0.6 is 0 Å². The van der Waals surface area contributed by atoms with Crippen LogP contribution in [0.4, 0.5) is 59.3 Å². The molecule has 4 atom stereocenters. The zero-order valence-corrected chi connectivity index (χ0v) is 43.2. The fourth-order valence-corrected chi connectivity index (χ4v) is 8.34. The first-order chi connectivity index (χ1) is 37.0. The number of amides is 4. The number of aromatic nitrogens is 3. The van der Waals surface area contributed by atoms with E-state index in [1.807, 2.05) is 11.5 Å². The van der Waals surface area contributed by atoms with Crippen LogP contribution in [-0.4, -0.2) is 156 Å². The molecule has 0 aliphatic carbocycles. The minimum absolute atomic E-state index is 0.162. The molecule has 79 heavy (non-hydrogen) atoms. The highest BCUT2D eigenvalue weighted by molar-refractivity contribution is 5.86. The molecule has 18 nitrogen and oxygen atoms in total. The molecule has 2 aliphatic rings. The molecule has 2 aromatic carbocycles. The summed E-state index contributed by atoms with van der Waals surface area (Å²) in [7, 11) is 0.781. The summed E-state index contributed by atoms with van der Waals surface area (Å²) in [5.41, 5.74) is 0.762. The molecule has 0 radical (unpaired) electrons. The van der Waals surface area contributed by atoms with Crippen molar-refractivity contribution in [2.75, 3.05) is 57.9 Å². The molecule has 4 aromatic rings. The second-order valence-electron chi connectivity index (χ2n) is 19.9. The number of carbonyl (C=O) groups is 4. The second-order valence-corrected chi connectivity index (χ2v) is 19.9. The maximum absolute atomic E-state index is 16.1. The number of nitrogens with two attached hydrogens (primary N) is 1. The maximum atomic E-state index is 16.1. The smallest absolute Gasteiger partial charge is 0.407 e. The molecule has 28 heteroatoms. The number of nitrogens with zero attached hydrogens (tertiary/aromatic N) is 6. The van der Waals surface area contributed by atoms with Crippen molar-refractivity contribution in [3.05, 3.63) is 101 Å². The molecule has 0 bridgehead atoms. The Balaban J connectivity index is 1.31. The summed E-state index contributed by atoms with van der Waals surface area (Å²) in [6.45, 7) is 3.73. The Morgan fingerprint density at radius 1 is 0.861 bits per heavy atom. The topological polar surface area (TPSA) is 219 Å². The maximum Gasteiger partial charge on any atom is 0.407 e. The highest BCUT2D eigenvalue weighted by atomic mass is 19.4. The third-order valence-electron chi connectivity index (χ3n) is 13.5. The van der Waals surface area contributed by atoms with Crippen molar-refractivity contribution in [2.24, 2.45) is 16.6 Å². The van der Waals surface area contributed by atoms with Crippen molar-refractivity contribution in [1.82, 2.24) is 40.7 Å². The van der Waals surface area contributed by atoms with Crippen LogP contribution in [0.2, 0.25) is 0 Å². The van der Waals surface area contributed by atoms with E-state index in [4.69, 9.17) is 10.5 Å². The summed E-state index contributed by atoms with van der Waals surface area (Å²) in [4.78, 5) is 61.3. The van der Waals surface area contributed by atoms with Gasteiger partial charge in [0.2, 0.25) is 0 Å². The predicted octanol–water partition coefficient (Wildman–Crippen LogP) is 5.70. The first-order valence-corrected chi connectivity index (χ1v) is 24.4. The van der Waals surface area contributed by atoms with E-state index < -0.39 is 121 Å². The number of benzene rings is 2. The quantitative estimate of drug-likeness (QED) is 0.0409. The van der Waals surface area contributed by atoms with Gasteiger partial charge < -0.3 is 40.6 Å². The van der Waals surface area contributed by atoms with Crippen LogP contribution in [0, 0.1) is 34.3 Å². The average molecular weight is 1130 g/mol. The van der Waals surface area contributed by atoms with Gasteiger partial charge in [-0.25, -0.2) is 37.1 Å². The van der Waals surface area contributed by atoms with Gasteiger partial charge in [0.15, 0.2) is 6.10 Å². The summed E-state index contributed by atoms with van der Waals surface area (Å²) in [6.07, 6.45) is -19.3. The number of ether oxygens (including phenoxy) is 3. The number of primary amides is 1. The number of hydrazine groups is 1. The van der Waals surface area contributed by atoms with Gasteiger partial charge in [-0.2, -0.15) is 31.4 Å². The van der Waals surface area contributed by atoms with E-state index in [1.165, 1.54) is 30.3 Å². The lowest BCUT2D eigenvalue weighted by Crippen LogP contribution is -2.62. The summed E-state index contributed by atoms with van der Waals surface area (Å²) in [5.74, 6) is 0.623. The summed E-state index contributed by atoms with van der Waals surface area (Å²) in [6, 6.07) is 8.31. The van der Waals surface area contributed by atoms with Crippen molar-refractivity contribution >= 4 is 29.8 Å². The molecular formula is C51H58F10N10O8. The SMILES string of the molecule is COC(=O)N[C@H](C(=O)NN(Cc1c(F)cc(-c2ccn(CC(F)F)n2)cc1F)C[C@H](O)[C@H](Cc1ccc(C#Cc2ccc(N3CCN(C4COC4)CC3)nc2)cc1)NC(=O)[C@@H](OC(N)=O)C(C)(C)C(F)(F)F)C(C)(C)C(F)(F)F. The number of aliphatic hydroxyl groups excluding tert-OH is 1. The summed E-state index contributed by atoms with van der Waals surface area (Å²) in [5, 5.41) is 20.4. The third kappa shape index (κ3) is 15.5. The number of nitrogens with one attached hydrogen (secondary N) is 3. The number of anilines is 1. The number of aliphatic hydroxyl groups is 1. The number of hydrogen-bond donors (Lipinski definition) is 5. The number of methoxy groups -OCH3 is 1. The summed E-state index contributed by atoms with van der Waals surface area (Å²) >= 11 is 0. The van der Waals surface area contributed by atoms with Gasteiger partial charge in [-0.3, -0.25) is 24.6 Å². The first kappa shape index (κ1) is 61.0. The van der Waals surface area contributed by atoms with E-state index in [9.17, 15) is 59.4 Å². The van der Waals surface area contributed by atoms with Crippen LogP contribution < -0.4 is 26.7 Å². The van der Waals surface area contributed by atoms with Gasteiger partial charge in [0.25, 0.3) is 18.2 Å². The molecule has 6 rings (SSSR count). The number of piperazine rings is 1. The Labute approximate surface area is 446 Å². The Morgan fingerprint density at radius 2 is 1.47 bits per heavy atom. The Hall–Kier alpha value is -7.22. The molecule has 2 aliphatic heterocycles. The zero-order chi connectivity index (χ0) is 58.2. The van der Waals surface area contributed by atoms with E-state index in [2.05, 4.69) is 46.5 Å². The van der Waals surface area contributed by atoms with Gasteiger partial charge in [-0.05, 0) is 82.1 Å². The minimum atomic E-state index is -5.23. The molecule has 430 valence electrons. The zero-order valence-electron chi connectivity index (χ0n) is 43.2. The van der Waals surface area contributed by atoms with Gasteiger partial charge in [-0.1, -0.05) is 24.0 Å². The van der Waals surface area contributed by atoms with E-state index in [1.54, 1.807) is 17.6 Å². The normalized spacial score (nSPS) is 16.3. The van der Waals surface area contributed by atoms with E-state index >= 15 is 8.78 Å². The Kier molecular flexibility index (Phi) is 19.5. The highest BCUT2D eigenvalue weighted by Gasteiger charge is 2.58. The van der Waals surface area contributed by atoms with Gasteiger partial charge in [0.05, 0.1) is 49.6 Å². The standard InChI is InChI=1S/C51H58F10N10O8/c1-48(2,50(56,57)58)42(65-47(76)77-5)44(73)67-71(24-34-35(52)21-32(22-36(34)53)37-14-15-70(66-37)26-40(54)55)25-39(72)38(64-45(74)43(79-46(62)75)49(3,4)51(59,60)61)20-30-9-6-29(7-10-30)8-11-31-12-13-41(63-23-31)69-18-16-68(17-19-69)33-27-78-28-33/h6-7,9-10,12-15,21-23,33,38-40,42-43,72H,16-20,24-28H2,1-5H3,(H2,62,75)(H,64,74)(H,65,76)(H,67,73)/t38-,39-,42+,43+/m0/s1. The average Bonchev–Trinajstić information content (AvgIpc) is 3.86. The van der Waals surface area contributed by atoms with E-state index in [0.717, 1.165) is 75.3 Å². The van der Waals surface area contributed by atoms with E-state index in [0.29, 0.717) is 49.9 Å². The third-order valence-corrected chi connectivity index (χ3v) is 13.5. The van der Waals surface area contributed by atoms with Crippen molar-refractivity contribution in [1.29, 1.82) is 0 Å². The number of alkyl halides is 8. The summed E-state index contributed by atoms with van der Waals surface area (Å²) < 4.78 is 160. The molecule has 0 saturated carbocycles. The predicted molar refractivity (Wildman–Crippen MR) is 262 cm³/mol. The Bertz CT molecular complexity index is 2810. The molecule has 2 aromatic heterocycles. The van der Waals surface area contributed by atoms with Gasteiger partial charge >= 0.3 is 24.5 Å². The van der Waals surface area contributed by atoms with Crippen LogP contribution in [0.1, 0.15) is 49.9 Å². The number of hydrogen-bond acceptors (Lipinski definition) is 13. The van der Waals surface area contributed by atoms with Crippen molar-refractivity contribution in [3.63, 3.8) is 0 Å². The highest BCUT2D eigenvalue weighted by Crippen LogP contribution is 2.42. The largest absolute Gasteiger partial charge is 0.453 e. The lowest BCUT2D eigenvalue weighted by Gasteiger charge is -2.42. The number of halogens is 10. The van der Waals surface area contributed by atoms with Gasteiger partial charge in [-0.15, -0.1) is 0 Å². The Morgan fingerprint density at radius 3 is 2.00 bits per heavy atom. The fraction of sp³-hybridized carbons (Fsp3) is 0.490. The molecular weight excluding hydrogens is 1070 g/mol. The molecule has 0 spiro atoms. The molecule has 6 N–H and O–H groups in total. The van der Waals surface area contributed by atoms with Crippen LogP contribution in [-0.2, 0) is 43.3 Å². The van der Waals surface area contributed by atoms with Crippen LogP contribution in [0.5, 0.6) is 0 Å². The number of rotatable bonds is 20. The fourth-order valence-electron chi connectivity index (χ4n) is 8.34. The lowest BCUT2D eigenvalue weighted by atomic mass is 9.83. The van der Waals surface area contributed by atoms with Crippen LogP contribution in [0.3, 0.4) is 0 Å². The number of alkyl carbamates (subject to hydrolysis) is 1. The molecule has 2 saturated heterocycles. The molecule has 4 amide bonds. The van der Waals surface area contributed by atoms with Gasteiger partial charge in [0, 0.05) is 73.9 Å². The number of carbonyl (C=O) groups excluding carboxylic acids is 4. The van der Waals surface area contributed by atoms with Crippen LogP contribution in [0.15, 0.2) is 67.0 Å². The number of pyridine rings is 1. The molecule has 0 unspecified atom stereocenters. The van der Waals surface area contributed by atoms with Crippen LogP contribution in [0.25, 0.3) is 11.3 Å². The first-order valence-electron chi connectivity index (χ1n) is 24.4. The van der Waals surface area contributed by atoms with Gasteiger partial charge in [0.1, 0.15) is 35.5 Å². The molecule has 2 fully saturated rings. The monoisotopic (exact) mass is 1130 g/mol. The second kappa shape index (κ2) is 25.3. The van der Waals surface area contributed by atoms with Crippen molar-refractivity contribution in [3.8, 4) is 23.1 Å². The molecule has 4 heterocycles. The lowest BCUT2D eigenvalue weighted by molar-refractivity contribution is -0.238.